The van der Waals surface area contributed by atoms with Crippen molar-refractivity contribution >= 4 is 11.6 Å². The second-order valence-corrected chi connectivity index (χ2v) is 14.1. The summed E-state index contributed by atoms with van der Waals surface area (Å²) >= 11 is 0. The van der Waals surface area contributed by atoms with Crippen LogP contribution in [-0.4, -0.2) is 72.5 Å². The Morgan fingerprint density at radius 1 is 1.12 bits per heavy atom. The van der Waals surface area contributed by atoms with Gasteiger partial charge in [-0.25, -0.2) is 4.39 Å². The van der Waals surface area contributed by atoms with Gasteiger partial charge >= 0.3 is 0 Å². The quantitative estimate of drug-likeness (QED) is 0.110. The highest BCUT2D eigenvalue weighted by Crippen LogP contribution is 2.62. The number of hydrogen-bond acceptors (Lipinski definition) is 8. The highest BCUT2D eigenvalue weighted by Gasteiger charge is 2.65. The van der Waals surface area contributed by atoms with E-state index in [-0.39, 0.29) is 67.7 Å². The molecule has 2 saturated carbocycles. The number of carbonyl (C=O) groups excluding carboxylic acids is 1. The molecule has 0 aromatic heterocycles. The van der Waals surface area contributed by atoms with Gasteiger partial charge in [0.15, 0.2) is 0 Å². The number of benzene rings is 2. The van der Waals surface area contributed by atoms with Crippen molar-refractivity contribution in [2.75, 3.05) is 34.0 Å². The summed E-state index contributed by atoms with van der Waals surface area (Å²) in [6, 6.07) is 11.8. The minimum Gasteiger partial charge on any atom is -0.489 e. The smallest absolute Gasteiger partial charge is 0.239 e. The fraction of sp³-hybridized carbons (Fsp3) is 0.550. The molecule has 50 heavy (non-hydrogen) atoms. The standard InChI is InChI=1S/C40H51FN2O7/c1-4-21-49-40-36(43(2)39(46)26-15-16-26)24-34(42-47-3)31-22-27(11-7-9-19-44)30(13-8-10-20-45)37(38(31)40)32-23-29(17-18-35(32)50-40)48-25-28-12-5-6-14-33(28)41/h4-6,12,14,17-18,22-23,26-27,30,36-38,44-45H,1,7-11,13,15-16,19-21,24-25H2,2-3H3/t27-,30+,36-,37+,38+,40+/m0/s1. The van der Waals surface area contributed by atoms with Gasteiger partial charge in [-0.1, -0.05) is 48.3 Å². The minimum absolute atomic E-state index is 0.00877. The molecule has 1 heterocycles. The Labute approximate surface area is 294 Å². The molecule has 0 radical (unpaired) electrons. The summed E-state index contributed by atoms with van der Waals surface area (Å²) in [5.41, 5.74) is 3.17. The summed E-state index contributed by atoms with van der Waals surface area (Å²) in [4.78, 5) is 21.0. The van der Waals surface area contributed by atoms with E-state index in [2.05, 4.69) is 17.8 Å². The van der Waals surface area contributed by atoms with Crippen LogP contribution in [0.5, 0.6) is 11.5 Å². The predicted molar refractivity (Wildman–Crippen MR) is 188 cm³/mol. The molecule has 6 rings (SSSR count). The number of halogens is 1. The lowest BCUT2D eigenvalue weighted by Crippen LogP contribution is -2.69. The van der Waals surface area contributed by atoms with Crippen LogP contribution in [-0.2, 0) is 21.0 Å². The molecule has 1 aliphatic heterocycles. The molecular weight excluding hydrogens is 639 g/mol. The van der Waals surface area contributed by atoms with Crippen LogP contribution in [0.3, 0.4) is 0 Å². The van der Waals surface area contributed by atoms with E-state index in [0.29, 0.717) is 36.3 Å². The van der Waals surface area contributed by atoms with Gasteiger partial charge in [-0.15, -0.1) is 6.58 Å². The van der Waals surface area contributed by atoms with Crippen LogP contribution < -0.4 is 9.47 Å². The van der Waals surface area contributed by atoms with E-state index in [4.69, 9.17) is 19.0 Å². The number of oxime groups is 1. The monoisotopic (exact) mass is 690 g/mol. The number of carbonyl (C=O) groups is 1. The van der Waals surface area contributed by atoms with E-state index in [1.54, 1.807) is 31.4 Å². The molecular formula is C40H51FN2O7. The number of hydrogen-bond donors (Lipinski definition) is 2. The highest BCUT2D eigenvalue weighted by molar-refractivity contribution is 6.03. The second kappa shape index (κ2) is 16.1. The van der Waals surface area contributed by atoms with Crippen molar-refractivity contribution in [1.29, 1.82) is 0 Å². The molecule has 3 aliphatic carbocycles. The van der Waals surface area contributed by atoms with Crippen LogP contribution in [0.1, 0.15) is 74.8 Å². The maximum absolute atomic E-state index is 14.5. The number of ether oxygens (including phenoxy) is 3. The first-order valence-electron chi connectivity index (χ1n) is 18.1. The first-order chi connectivity index (χ1) is 24.4. The van der Waals surface area contributed by atoms with Crippen molar-refractivity contribution < 1.29 is 38.4 Å². The maximum Gasteiger partial charge on any atom is 0.239 e. The Kier molecular flexibility index (Phi) is 11.6. The van der Waals surface area contributed by atoms with Crippen molar-refractivity contribution in [3.63, 3.8) is 0 Å². The molecule has 0 unspecified atom stereocenters. The van der Waals surface area contributed by atoms with Gasteiger partial charge in [0.05, 0.1) is 18.2 Å². The number of aliphatic hydroxyl groups is 2. The molecule has 0 bridgehead atoms. The van der Waals surface area contributed by atoms with Gasteiger partial charge in [-0.2, -0.15) is 0 Å². The molecule has 2 fully saturated rings. The number of allylic oxidation sites excluding steroid dienone is 1. The van der Waals surface area contributed by atoms with Gasteiger partial charge in [0, 0.05) is 49.6 Å². The molecule has 2 aromatic rings. The largest absolute Gasteiger partial charge is 0.489 e. The Hall–Kier alpha value is -3.73. The molecule has 4 aliphatic rings. The summed E-state index contributed by atoms with van der Waals surface area (Å²) in [7, 11) is 3.39. The summed E-state index contributed by atoms with van der Waals surface area (Å²) in [5, 5.41) is 24.1. The van der Waals surface area contributed by atoms with Gasteiger partial charge in [0.2, 0.25) is 11.7 Å². The molecule has 6 atom stereocenters. The highest BCUT2D eigenvalue weighted by atomic mass is 19.1. The Morgan fingerprint density at radius 2 is 1.88 bits per heavy atom. The Balaban J connectivity index is 1.52. The third-order valence-corrected chi connectivity index (χ3v) is 10.9. The number of unbranched alkanes of at least 4 members (excludes halogenated alkanes) is 2. The topological polar surface area (TPSA) is 110 Å². The van der Waals surface area contributed by atoms with Gasteiger partial charge in [0.1, 0.15) is 37.1 Å². The van der Waals surface area contributed by atoms with Gasteiger partial charge in [-0.05, 0) is 80.2 Å². The SMILES string of the molecule is C=CCO[C@@]12Oc3ccc(OCc4ccccc4F)cc3[C@H]3[C@H](CCCCO)[C@@H](CCCCO)C=C(C(=NOC)C[C@@H]1N(C)C(=O)C1CC1)[C@H]32. The first-order valence-corrected chi connectivity index (χ1v) is 18.1. The first kappa shape index (κ1) is 36.1. The van der Waals surface area contributed by atoms with Crippen molar-refractivity contribution in [2.24, 2.45) is 28.8 Å². The number of likely N-dealkylation sites (N-methyl/N-ethyl adjacent to an activating group) is 1. The lowest BCUT2D eigenvalue weighted by atomic mass is 9.55. The predicted octanol–water partition coefficient (Wildman–Crippen LogP) is 6.54. The summed E-state index contributed by atoms with van der Waals surface area (Å²) in [6.45, 7) is 4.48. The minimum atomic E-state index is -1.26. The molecule has 270 valence electrons. The van der Waals surface area contributed by atoms with E-state index in [1.165, 1.54) is 6.07 Å². The average Bonchev–Trinajstić information content (AvgIpc) is 3.98. The Bertz CT molecular complexity index is 1570. The summed E-state index contributed by atoms with van der Waals surface area (Å²) < 4.78 is 34.7. The van der Waals surface area contributed by atoms with E-state index >= 15 is 0 Å². The summed E-state index contributed by atoms with van der Waals surface area (Å²) in [6.07, 6.45) is 10.9. The lowest BCUT2D eigenvalue weighted by molar-refractivity contribution is -0.255. The maximum atomic E-state index is 14.5. The average molecular weight is 691 g/mol. The number of fused-ring (bicyclic) bond motifs is 2. The van der Waals surface area contributed by atoms with Gasteiger partial charge in [-0.3, -0.25) is 4.79 Å². The number of rotatable bonds is 17. The number of nitrogens with zero attached hydrogens (tertiary/aromatic N) is 2. The Morgan fingerprint density at radius 3 is 2.58 bits per heavy atom. The molecule has 9 nitrogen and oxygen atoms in total. The molecule has 10 heteroatoms. The van der Waals surface area contributed by atoms with E-state index in [1.807, 2.05) is 30.1 Å². The molecule has 0 saturated heterocycles. The van der Waals surface area contributed by atoms with Crippen molar-refractivity contribution in [3.05, 3.63) is 83.7 Å². The summed E-state index contributed by atoms with van der Waals surface area (Å²) in [5.74, 6) is -0.547. The van der Waals surface area contributed by atoms with Crippen molar-refractivity contribution in [3.8, 4) is 11.5 Å². The zero-order chi connectivity index (χ0) is 35.3. The van der Waals surface area contributed by atoms with Crippen LogP contribution >= 0.6 is 0 Å². The van der Waals surface area contributed by atoms with Crippen LogP contribution in [0.25, 0.3) is 0 Å². The van der Waals surface area contributed by atoms with E-state index < -0.39 is 11.8 Å². The number of aliphatic hydroxyl groups excluding tert-OH is 2. The zero-order valence-electron chi connectivity index (χ0n) is 29.3. The molecule has 2 N–H and O–H groups in total. The van der Waals surface area contributed by atoms with E-state index in [9.17, 15) is 19.4 Å². The van der Waals surface area contributed by atoms with Crippen LogP contribution in [0.2, 0.25) is 0 Å². The fourth-order valence-corrected chi connectivity index (χ4v) is 8.48. The zero-order valence-corrected chi connectivity index (χ0v) is 29.3. The third-order valence-electron chi connectivity index (χ3n) is 10.9. The van der Waals surface area contributed by atoms with Gasteiger partial charge in [0.25, 0.3) is 0 Å². The van der Waals surface area contributed by atoms with Crippen LogP contribution in [0.4, 0.5) is 4.39 Å². The van der Waals surface area contributed by atoms with Crippen molar-refractivity contribution in [2.45, 2.75) is 82.1 Å². The normalized spacial score (nSPS) is 27.4. The molecule has 1 amide bonds. The van der Waals surface area contributed by atoms with Crippen LogP contribution in [0.15, 0.2) is 71.9 Å². The molecule has 0 spiro atoms. The molecule has 2 aromatic carbocycles. The van der Waals surface area contributed by atoms with Gasteiger partial charge < -0.3 is 34.2 Å². The van der Waals surface area contributed by atoms with Crippen molar-refractivity contribution in [1.82, 2.24) is 4.90 Å². The lowest BCUT2D eigenvalue weighted by Gasteiger charge is -2.59. The second-order valence-electron chi connectivity index (χ2n) is 14.1. The van der Waals surface area contributed by atoms with E-state index in [0.717, 1.165) is 55.4 Å². The fourth-order valence-electron chi connectivity index (χ4n) is 8.48. The van der Waals surface area contributed by atoms with Crippen LogP contribution in [0, 0.1) is 29.5 Å². The third kappa shape index (κ3) is 7.20. The number of amides is 1.